The van der Waals surface area contributed by atoms with Crippen molar-refractivity contribution >= 4 is 70.7 Å². The van der Waals surface area contributed by atoms with Crippen molar-refractivity contribution in [2.45, 2.75) is 224 Å². The number of amides is 6. The summed E-state index contributed by atoms with van der Waals surface area (Å²) < 4.78 is 140. The molecule has 0 aliphatic heterocycles. The van der Waals surface area contributed by atoms with Crippen molar-refractivity contribution in [3.63, 3.8) is 0 Å². The number of rotatable bonds is 35. The molecule has 1 aliphatic rings. The molecule has 32 heteroatoms. The first-order chi connectivity index (χ1) is 71.7. The number of hydrogen-bond acceptors (Lipinski definition) is 20. The smallest absolute Gasteiger partial charge is 0.413 e. The van der Waals surface area contributed by atoms with Gasteiger partial charge in [-0.05, 0) is 377 Å². The van der Waals surface area contributed by atoms with Crippen molar-refractivity contribution in [2.75, 3.05) is 79.7 Å². The van der Waals surface area contributed by atoms with Crippen LogP contribution in [0.4, 0.5) is 89.2 Å². The summed E-state index contributed by atoms with van der Waals surface area (Å²) in [6, 6.07) is 57.0. The quantitative estimate of drug-likeness (QED) is 0.0143. The molecule has 150 heavy (non-hydrogen) atoms. The van der Waals surface area contributed by atoms with Crippen LogP contribution in [0.2, 0.25) is 0 Å². The second-order valence-electron chi connectivity index (χ2n) is 35.9. The van der Waals surface area contributed by atoms with Crippen LogP contribution in [-0.2, 0) is 81.1 Å². The zero-order valence-corrected chi connectivity index (χ0v) is 89.4. The lowest BCUT2D eigenvalue weighted by Gasteiger charge is -2.17. The molecule has 1 saturated carbocycles. The standard InChI is InChI=1S/C21H24FNO3.C20H24FNO4.C20H24FNO3.C19H22FNO4.2C19H22FNO3/c1-13-9-15(3)20(10-14(13)2)25-11-18-17(16-7-8-16)5-4-6-19(18)23-21(24)26-12-22;1-5-24-18-8-6-7-17(22-20(23)26-12-21)16(18)11-25-19-10-14(3)13(2)9-15(19)4;1-5-16-7-6-8-18(22-20(23)25-12-21)17(16)11-24-19-10-14(3)13(2)9-15(19)4;1-12-7-14(3)18(8-13(12)2)24-10-16-15(9-22)5-4-6-17(16)21-19(23)25-11-20;2*1-12-6-5-7-17(21-19(22)24-11-20)16(12)10-23-18-9-14(3)13(2)8-15(18)4/h4-6,9-10,16H,7-8,11-12H2,1-3H3,(H,23,24);6-10H,5,11-12H2,1-4H3,(H,22,23);6-10H,5,11-12H2,1-4H3,(H,22,23);4-8,22H,9-11H2,1-3H3,(H,21,23);2*5-9H,10-11H2,1-4H3,(H,21,22). The fourth-order valence-electron chi connectivity index (χ4n) is 15.7. The molecule has 12 aromatic carbocycles. The van der Waals surface area contributed by atoms with Gasteiger partial charge >= 0.3 is 36.6 Å². The van der Waals surface area contributed by atoms with E-state index in [1.54, 1.807) is 60.7 Å². The van der Waals surface area contributed by atoms with E-state index in [0.29, 0.717) is 95.5 Å². The highest BCUT2D eigenvalue weighted by molar-refractivity contribution is 5.90. The maximum absolute atomic E-state index is 12.2. The van der Waals surface area contributed by atoms with Crippen molar-refractivity contribution in [1.29, 1.82) is 0 Å². The van der Waals surface area contributed by atoms with Crippen LogP contribution in [0, 0.1) is 138 Å². The maximum Gasteiger partial charge on any atom is 0.413 e. The second-order valence-corrected chi connectivity index (χ2v) is 35.9. The van der Waals surface area contributed by atoms with E-state index in [-0.39, 0.29) is 19.8 Å². The molecule has 1 aliphatic carbocycles. The van der Waals surface area contributed by atoms with E-state index in [1.165, 1.54) is 44.5 Å². The van der Waals surface area contributed by atoms with Crippen LogP contribution in [0.15, 0.2) is 182 Å². The number of halogens is 6. The Morgan fingerprint density at radius 2 is 0.467 bits per heavy atom. The highest BCUT2D eigenvalue weighted by Gasteiger charge is 2.29. The number of carbonyl (C=O) groups excluding carboxylic acids is 6. The van der Waals surface area contributed by atoms with Gasteiger partial charge in [-0.25, -0.2) is 55.1 Å². The minimum Gasteiger partial charge on any atom is -0.493 e. The number of aliphatic hydroxyl groups is 1. The van der Waals surface area contributed by atoms with Crippen LogP contribution in [0.25, 0.3) is 0 Å². The van der Waals surface area contributed by atoms with Gasteiger partial charge in [-0.15, -0.1) is 0 Å². The largest absolute Gasteiger partial charge is 0.493 e. The number of alkyl halides is 6. The van der Waals surface area contributed by atoms with Crippen LogP contribution >= 0.6 is 0 Å². The van der Waals surface area contributed by atoms with Gasteiger partial charge in [0.25, 0.3) is 0 Å². The topological polar surface area (TPSA) is 315 Å². The summed E-state index contributed by atoms with van der Waals surface area (Å²) in [6.45, 7) is 39.0. The Kier molecular flexibility index (Phi) is 47.9. The molecule has 0 unspecified atom stereocenters. The van der Waals surface area contributed by atoms with Crippen molar-refractivity contribution in [1.82, 2.24) is 0 Å². The highest BCUT2D eigenvalue weighted by Crippen LogP contribution is 2.45. The number of anilines is 6. The van der Waals surface area contributed by atoms with Crippen LogP contribution in [0.3, 0.4) is 0 Å². The van der Waals surface area contributed by atoms with E-state index in [4.69, 9.17) is 33.2 Å². The third-order valence-corrected chi connectivity index (χ3v) is 25.1. The number of carbonyl (C=O) groups is 6. The Balaban J connectivity index is 0.000000219. The summed E-state index contributed by atoms with van der Waals surface area (Å²) >= 11 is 0. The lowest BCUT2D eigenvalue weighted by molar-refractivity contribution is 0.110. The number of nitrogens with one attached hydrogen (secondary N) is 6. The molecule has 0 saturated heterocycles. The minimum absolute atomic E-state index is 0.144. The Morgan fingerprint density at radius 1 is 0.247 bits per heavy atom. The predicted molar refractivity (Wildman–Crippen MR) is 573 cm³/mol. The van der Waals surface area contributed by atoms with E-state index in [1.807, 2.05) is 196 Å². The van der Waals surface area contributed by atoms with Gasteiger partial charge in [-0.3, -0.25) is 31.9 Å². The van der Waals surface area contributed by atoms with Crippen LogP contribution in [0.1, 0.15) is 194 Å². The summed E-state index contributed by atoms with van der Waals surface area (Å²) in [7, 11) is 0. The third kappa shape index (κ3) is 36.5. The maximum atomic E-state index is 12.2. The normalized spacial score (nSPS) is 10.9. The SMILES string of the molecule is CCOc1cccc(NC(=O)OCF)c1COc1cc(C)c(C)cc1C.CCc1cccc(NC(=O)OCF)c1COc1cc(C)c(C)cc1C.Cc1cc(C)c(OCc2c(C)cccc2NC(=O)OCF)cc1C.Cc1cc(C)c(OCc2c(C)cccc2NC(=O)OCF)cc1C.Cc1cc(C)c(OCc2c(CO)cccc2NC(=O)OCF)cc1C.Cc1cc(C)c(OCc2c(NC(=O)OCF)cccc2C2CC2)cc1C. The van der Waals surface area contributed by atoms with Crippen molar-refractivity contribution in [3.05, 3.63) is 343 Å². The first-order valence-corrected chi connectivity index (χ1v) is 48.8. The zero-order valence-electron chi connectivity index (χ0n) is 89.4. The lowest BCUT2D eigenvalue weighted by Crippen LogP contribution is -2.16. The first-order valence-electron chi connectivity index (χ1n) is 48.8. The monoisotopic (exact) mass is 2070 g/mol. The highest BCUT2D eigenvalue weighted by atomic mass is 19.2. The van der Waals surface area contributed by atoms with Gasteiger partial charge in [0.2, 0.25) is 41.2 Å². The number of hydrogen-bond donors (Lipinski definition) is 7. The molecule has 26 nitrogen and oxygen atoms in total. The fraction of sp³-hybridized carbons (Fsp3) is 0.339. The van der Waals surface area contributed by atoms with Gasteiger partial charge in [0.05, 0.1) is 52.9 Å². The molecule has 6 amide bonds. The lowest BCUT2D eigenvalue weighted by atomic mass is 10.0. The molecule has 0 bridgehead atoms. The average Bonchev–Trinajstić information content (AvgIpc) is 1.64. The number of aliphatic hydroxyl groups excluding tert-OH is 1. The summed E-state index contributed by atoms with van der Waals surface area (Å²) in [5.41, 5.74) is 33.0. The molecule has 0 atom stereocenters. The molecule has 802 valence electrons. The Labute approximate surface area is 874 Å². The molecular formula is C118H138F6N6O20. The Bertz CT molecular complexity index is 6360. The summed E-state index contributed by atoms with van der Waals surface area (Å²) in [6.07, 6.45) is -1.99. The van der Waals surface area contributed by atoms with Crippen molar-refractivity contribution in [2.24, 2.45) is 0 Å². The number of ether oxygens (including phenoxy) is 13. The predicted octanol–water partition coefficient (Wildman–Crippen LogP) is 29.9. The summed E-state index contributed by atoms with van der Waals surface area (Å²) in [4.78, 5) is 69.3. The van der Waals surface area contributed by atoms with E-state index in [2.05, 4.69) is 138 Å². The third-order valence-electron chi connectivity index (χ3n) is 25.1. The van der Waals surface area contributed by atoms with Crippen LogP contribution in [-0.4, -0.2) is 89.4 Å². The Morgan fingerprint density at radius 3 is 0.733 bits per heavy atom. The van der Waals surface area contributed by atoms with Gasteiger partial charge in [0.1, 0.15) is 79.9 Å². The van der Waals surface area contributed by atoms with E-state index in [9.17, 15) is 60.2 Å². The van der Waals surface area contributed by atoms with Crippen molar-refractivity contribution in [3.8, 4) is 40.2 Å². The van der Waals surface area contributed by atoms with Crippen LogP contribution < -0.4 is 65.1 Å². The minimum atomic E-state index is -1.21. The Hall–Kier alpha value is -15.6. The van der Waals surface area contributed by atoms with Gasteiger partial charge in [-0.1, -0.05) is 110 Å². The van der Waals surface area contributed by atoms with Crippen molar-refractivity contribution < 1.29 is 122 Å². The molecule has 0 aromatic heterocycles. The second kappa shape index (κ2) is 60.0. The molecule has 7 N–H and O–H groups in total. The summed E-state index contributed by atoms with van der Waals surface area (Å²) in [5, 5.41) is 24.8. The van der Waals surface area contributed by atoms with E-state index in [0.717, 1.165) is 154 Å². The van der Waals surface area contributed by atoms with E-state index >= 15 is 0 Å². The molecule has 12 aromatic rings. The molecular weight excluding hydrogens is 1940 g/mol. The molecule has 0 heterocycles. The van der Waals surface area contributed by atoms with Gasteiger partial charge in [-0.2, -0.15) is 0 Å². The molecule has 13 rings (SSSR count). The average molecular weight is 2070 g/mol. The molecule has 0 radical (unpaired) electrons. The van der Waals surface area contributed by atoms with Crippen LogP contribution in [0.5, 0.6) is 40.2 Å². The van der Waals surface area contributed by atoms with Gasteiger partial charge in [0.15, 0.2) is 0 Å². The molecule has 0 spiro atoms. The fourth-order valence-corrected chi connectivity index (χ4v) is 15.7. The van der Waals surface area contributed by atoms with E-state index < -0.39 is 77.7 Å². The number of aryl methyl sites for hydroxylation is 21. The van der Waals surface area contributed by atoms with Gasteiger partial charge in [0, 0.05) is 27.8 Å². The van der Waals surface area contributed by atoms with Gasteiger partial charge < -0.3 is 66.7 Å². The summed E-state index contributed by atoms with van der Waals surface area (Å²) in [5.74, 6) is 5.82. The molecule has 1 fully saturated rings. The zero-order chi connectivity index (χ0) is 110. The number of benzene rings is 12. The first kappa shape index (κ1) is 120.